The van der Waals surface area contributed by atoms with Gasteiger partial charge < -0.3 is 15.5 Å². The van der Waals surface area contributed by atoms with Gasteiger partial charge in [-0.05, 0) is 66.8 Å². The third-order valence-electron chi connectivity index (χ3n) is 4.66. The van der Waals surface area contributed by atoms with Gasteiger partial charge in [0.15, 0.2) is 5.96 Å². The summed E-state index contributed by atoms with van der Waals surface area (Å²) < 4.78 is 18.4. The second-order valence-electron chi connectivity index (χ2n) is 6.63. The van der Waals surface area contributed by atoms with Gasteiger partial charge in [-0.1, -0.05) is 6.07 Å². The van der Waals surface area contributed by atoms with Crippen molar-refractivity contribution in [2.24, 2.45) is 10.7 Å². The molecule has 0 saturated heterocycles. The van der Waals surface area contributed by atoms with Crippen LogP contribution in [0.1, 0.15) is 23.2 Å². The van der Waals surface area contributed by atoms with E-state index in [9.17, 15) is 4.39 Å². The fraction of sp³-hybridized carbons (Fsp3) is 0.238. The molecule has 0 radical (unpaired) electrons. The van der Waals surface area contributed by atoms with Crippen LogP contribution >= 0.6 is 0 Å². The quantitative estimate of drug-likeness (QED) is 0.531. The van der Waals surface area contributed by atoms with Crippen molar-refractivity contribution >= 4 is 11.6 Å². The molecule has 1 aliphatic rings. The van der Waals surface area contributed by atoms with Crippen molar-refractivity contribution in [1.29, 1.82) is 0 Å². The highest BCUT2D eigenvalue weighted by Gasteiger charge is 2.11. The van der Waals surface area contributed by atoms with Crippen LogP contribution in [-0.4, -0.2) is 17.5 Å². The lowest BCUT2D eigenvalue weighted by atomic mass is 10.1. The van der Waals surface area contributed by atoms with Crippen molar-refractivity contribution in [3.05, 3.63) is 71.4 Å². The summed E-state index contributed by atoms with van der Waals surface area (Å²) in [5.41, 5.74) is 11.3. The molecule has 1 aromatic heterocycles. The van der Waals surface area contributed by atoms with Gasteiger partial charge in [-0.3, -0.25) is 4.99 Å². The number of guanidine groups is 1. The molecule has 3 N–H and O–H groups in total. The second-order valence-corrected chi connectivity index (χ2v) is 6.63. The summed E-state index contributed by atoms with van der Waals surface area (Å²) >= 11 is 0. The molecule has 4 rings (SSSR count). The summed E-state index contributed by atoms with van der Waals surface area (Å²) in [6.45, 7) is 0.499. The van der Waals surface area contributed by atoms with Gasteiger partial charge in [-0.2, -0.15) is 0 Å². The summed E-state index contributed by atoms with van der Waals surface area (Å²) in [4.78, 5) is 8.76. The Morgan fingerprint density at radius 1 is 1.15 bits per heavy atom. The van der Waals surface area contributed by atoms with Gasteiger partial charge in [0, 0.05) is 24.2 Å². The van der Waals surface area contributed by atoms with Crippen molar-refractivity contribution in [2.45, 2.75) is 25.7 Å². The molecule has 1 aliphatic carbocycles. The predicted octanol–water partition coefficient (Wildman–Crippen LogP) is 3.94. The molecule has 27 heavy (non-hydrogen) atoms. The molecule has 0 fully saturated rings. The molecule has 3 aromatic rings. The van der Waals surface area contributed by atoms with E-state index in [1.807, 2.05) is 6.07 Å². The van der Waals surface area contributed by atoms with Crippen molar-refractivity contribution in [3.8, 4) is 11.5 Å². The van der Waals surface area contributed by atoms with Gasteiger partial charge in [0.2, 0.25) is 5.89 Å². The number of benzene rings is 2. The average molecular weight is 364 g/mol. The topological polar surface area (TPSA) is 76.4 Å². The molecular weight excluding hydrogens is 343 g/mol. The Hall–Kier alpha value is -3.15. The molecule has 0 unspecified atom stereocenters. The van der Waals surface area contributed by atoms with Crippen LogP contribution in [0, 0.1) is 5.82 Å². The molecule has 0 spiro atoms. The Labute approximate surface area is 157 Å². The summed E-state index contributed by atoms with van der Waals surface area (Å²) in [6.07, 6.45) is 5.72. The summed E-state index contributed by atoms with van der Waals surface area (Å²) in [5.74, 6) is 0.569. The highest BCUT2D eigenvalue weighted by Crippen LogP contribution is 2.24. The summed E-state index contributed by atoms with van der Waals surface area (Å²) in [7, 11) is 0. The zero-order chi connectivity index (χ0) is 18.6. The maximum Gasteiger partial charge on any atom is 0.226 e. The normalized spacial score (nSPS) is 13.6. The van der Waals surface area contributed by atoms with E-state index in [0.717, 1.165) is 29.8 Å². The number of aliphatic imine (C=N–C) groups is 1. The first kappa shape index (κ1) is 17.3. The van der Waals surface area contributed by atoms with Crippen LogP contribution in [0.3, 0.4) is 0 Å². The molecule has 1 heterocycles. The predicted molar refractivity (Wildman–Crippen MR) is 104 cm³/mol. The first-order valence-corrected chi connectivity index (χ1v) is 9.06. The Bertz CT molecular complexity index is 963. The second kappa shape index (κ2) is 7.61. The van der Waals surface area contributed by atoms with Gasteiger partial charge >= 0.3 is 0 Å². The lowest BCUT2D eigenvalue weighted by Gasteiger charge is -2.07. The van der Waals surface area contributed by atoms with E-state index < -0.39 is 0 Å². The number of oxazole rings is 1. The first-order chi connectivity index (χ1) is 13.2. The number of anilines is 1. The third kappa shape index (κ3) is 4.16. The van der Waals surface area contributed by atoms with Crippen LogP contribution in [0.2, 0.25) is 0 Å². The number of nitrogens with one attached hydrogen (secondary N) is 1. The Morgan fingerprint density at radius 2 is 1.96 bits per heavy atom. The van der Waals surface area contributed by atoms with Gasteiger partial charge in [-0.15, -0.1) is 0 Å². The molecule has 0 amide bonds. The van der Waals surface area contributed by atoms with Crippen LogP contribution in [0.15, 0.2) is 58.1 Å². The van der Waals surface area contributed by atoms with Crippen molar-refractivity contribution in [1.82, 2.24) is 4.98 Å². The number of hydrogen-bond acceptors (Lipinski definition) is 3. The number of aryl methyl sites for hydroxylation is 2. The largest absolute Gasteiger partial charge is 0.444 e. The minimum atomic E-state index is -0.286. The first-order valence-electron chi connectivity index (χ1n) is 9.06. The van der Waals surface area contributed by atoms with E-state index in [1.54, 1.807) is 18.4 Å². The summed E-state index contributed by atoms with van der Waals surface area (Å²) in [5, 5.41) is 3.14. The minimum Gasteiger partial charge on any atom is -0.444 e. The van der Waals surface area contributed by atoms with Gasteiger partial charge in [0.05, 0.1) is 5.69 Å². The molecule has 2 aromatic carbocycles. The Balaban J connectivity index is 1.33. The van der Waals surface area contributed by atoms with Crippen molar-refractivity contribution < 1.29 is 8.81 Å². The van der Waals surface area contributed by atoms with Gasteiger partial charge in [-0.25, -0.2) is 9.37 Å². The lowest BCUT2D eigenvalue weighted by Crippen LogP contribution is -2.23. The molecule has 0 aliphatic heterocycles. The number of nitrogens with two attached hydrogens (primary N) is 1. The third-order valence-corrected chi connectivity index (χ3v) is 4.66. The van der Waals surface area contributed by atoms with Crippen LogP contribution in [0.5, 0.6) is 0 Å². The number of hydrogen-bond donors (Lipinski definition) is 2. The van der Waals surface area contributed by atoms with E-state index in [2.05, 4.69) is 27.4 Å². The van der Waals surface area contributed by atoms with Crippen molar-refractivity contribution in [2.75, 3.05) is 11.9 Å². The molecule has 0 bridgehead atoms. The van der Waals surface area contributed by atoms with Crippen LogP contribution in [0.4, 0.5) is 10.1 Å². The molecule has 0 saturated carbocycles. The fourth-order valence-corrected chi connectivity index (χ4v) is 3.27. The average Bonchev–Trinajstić information content (AvgIpc) is 3.31. The SMILES string of the molecule is NC(=NCCc1coc(-c2ccc(F)cc2)n1)Nc1ccc2c(c1)CCC2. The van der Waals surface area contributed by atoms with Gasteiger partial charge in [0.25, 0.3) is 0 Å². The maximum atomic E-state index is 13.0. The van der Waals surface area contributed by atoms with Crippen LogP contribution in [-0.2, 0) is 19.3 Å². The van der Waals surface area contributed by atoms with E-state index in [0.29, 0.717) is 24.8 Å². The Kier molecular flexibility index (Phi) is 4.87. The zero-order valence-corrected chi connectivity index (χ0v) is 14.9. The lowest BCUT2D eigenvalue weighted by molar-refractivity contribution is 0.572. The molecule has 5 nitrogen and oxygen atoms in total. The smallest absolute Gasteiger partial charge is 0.226 e. The maximum absolute atomic E-state index is 13.0. The molecule has 138 valence electrons. The minimum absolute atomic E-state index is 0.286. The monoisotopic (exact) mass is 364 g/mol. The number of nitrogens with zero attached hydrogens (tertiary/aromatic N) is 2. The van der Waals surface area contributed by atoms with E-state index in [4.69, 9.17) is 10.2 Å². The highest BCUT2D eigenvalue weighted by molar-refractivity contribution is 5.92. The van der Waals surface area contributed by atoms with E-state index >= 15 is 0 Å². The van der Waals surface area contributed by atoms with E-state index in [-0.39, 0.29) is 5.82 Å². The number of halogens is 1. The van der Waals surface area contributed by atoms with Crippen molar-refractivity contribution in [3.63, 3.8) is 0 Å². The number of rotatable bonds is 5. The highest BCUT2D eigenvalue weighted by atomic mass is 19.1. The number of fused-ring (bicyclic) bond motifs is 1. The van der Waals surface area contributed by atoms with E-state index in [1.165, 1.54) is 29.7 Å². The Morgan fingerprint density at radius 3 is 2.81 bits per heavy atom. The standard InChI is InChI=1S/C21H21FN4O/c22-17-7-4-15(5-8-17)20-25-19(13-27-20)10-11-24-21(23)26-18-9-6-14-2-1-3-16(14)12-18/h4-9,12-13H,1-3,10-11H2,(H3,23,24,26). The summed E-state index contributed by atoms with van der Waals surface area (Å²) in [6, 6.07) is 12.4. The molecular formula is C21H21FN4O. The fourth-order valence-electron chi connectivity index (χ4n) is 3.27. The molecule has 0 atom stereocenters. The van der Waals surface area contributed by atoms with Crippen LogP contribution in [0.25, 0.3) is 11.5 Å². The van der Waals surface area contributed by atoms with Gasteiger partial charge in [0.1, 0.15) is 12.1 Å². The number of aromatic nitrogens is 1. The molecule has 6 heteroatoms. The zero-order valence-electron chi connectivity index (χ0n) is 14.9. The van der Waals surface area contributed by atoms with Crippen LogP contribution < -0.4 is 11.1 Å².